The summed E-state index contributed by atoms with van der Waals surface area (Å²) in [5.41, 5.74) is 0.973. The lowest BCUT2D eigenvalue weighted by Gasteiger charge is -2.25. The predicted octanol–water partition coefficient (Wildman–Crippen LogP) is 6.71. The Morgan fingerprint density at radius 2 is 2.00 bits per heavy atom. The second-order valence-corrected chi connectivity index (χ2v) is 11.2. The maximum Gasteiger partial charge on any atom is 0.296 e. The molecular formula is C28H25FN2O5S2. The monoisotopic (exact) mass is 552 g/mol. The summed E-state index contributed by atoms with van der Waals surface area (Å²) in [4.78, 5) is 33.2. The summed E-state index contributed by atoms with van der Waals surface area (Å²) in [6, 6.07) is 11.7. The van der Waals surface area contributed by atoms with Crippen molar-refractivity contribution in [3.8, 4) is 11.5 Å². The minimum Gasteiger partial charge on any atom is -0.503 e. The SMILES string of the molecule is COc1cc(C2C(C(=O)c3cccs3)=C(O)C(=O)N2c2nc3ccc(F)cc3s2)ccc1OCCC(C)C. The number of nitrogens with zero attached hydrogens (tertiary/aromatic N) is 2. The molecule has 5 rings (SSSR count). The van der Waals surface area contributed by atoms with Crippen LogP contribution in [0.25, 0.3) is 10.2 Å². The van der Waals surface area contributed by atoms with Gasteiger partial charge in [0, 0.05) is 0 Å². The summed E-state index contributed by atoms with van der Waals surface area (Å²) in [6.07, 6.45) is 0.865. The van der Waals surface area contributed by atoms with E-state index >= 15 is 0 Å². The lowest BCUT2D eigenvalue weighted by molar-refractivity contribution is -0.117. The van der Waals surface area contributed by atoms with Crippen molar-refractivity contribution < 1.29 is 28.6 Å². The van der Waals surface area contributed by atoms with Gasteiger partial charge in [0.25, 0.3) is 5.91 Å². The number of benzene rings is 2. The van der Waals surface area contributed by atoms with E-state index in [-0.39, 0.29) is 10.7 Å². The minimum atomic E-state index is -0.985. The van der Waals surface area contributed by atoms with Gasteiger partial charge in [-0.1, -0.05) is 37.3 Å². The number of halogens is 1. The third kappa shape index (κ3) is 4.77. The van der Waals surface area contributed by atoms with E-state index in [0.29, 0.717) is 44.7 Å². The molecule has 0 aliphatic carbocycles. The van der Waals surface area contributed by atoms with Crippen LogP contribution >= 0.6 is 22.7 Å². The number of thiazole rings is 1. The van der Waals surface area contributed by atoms with Crippen molar-refractivity contribution in [3.05, 3.63) is 81.5 Å². The average Bonchev–Trinajstić information content (AvgIpc) is 3.62. The van der Waals surface area contributed by atoms with Crippen LogP contribution in [0.2, 0.25) is 0 Å². The van der Waals surface area contributed by atoms with Crippen molar-refractivity contribution in [1.82, 2.24) is 4.98 Å². The number of rotatable bonds is 9. The first-order valence-corrected chi connectivity index (χ1v) is 13.7. The Morgan fingerprint density at radius 3 is 2.71 bits per heavy atom. The number of aliphatic hydroxyl groups is 1. The first-order valence-electron chi connectivity index (χ1n) is 12.0. The average molecular weight is 553 g/mol. The van der Waals surface area contributed by atoms with Gasteiger partial charge in [-0.05, 0) is 59.7 Å². The van der Waals surface area contributed by atoms with Crippen LogP contribution in [0.1, 0.15) is 41.5 Å². The van der Waals surface area contributed by atoms with Crippen LogP contribution in [0, 0.1) is 11.7 Å². The van der Waals surface area contributed by atoms with E-state index in [1.54, 1.807) is 35.7 Å². The topological polar surface area (TPSA) is 89.0 Å². The molecule has 2 aromatic carbocycles. The van der Waals surface area contributed by atoms with Gasteiger partial charge in [0.05, 0.1) is 40.4 Å². The van der Waals surface area contributed by atoms with Gasteiger partial charge in [0.2, 0.25) is 5.78 Å². The zero-order valence-electron chi connectivity index (χ0n) is 20.9. The number of Topliss-reactive ketones (excluding diaryl/α,β-unsaturated/α-hetero) is 1. The Labute approximate surface area is 226 Å². The molecule has 0 saturated heterocycles. The summed E-state index contributed by atoms with van der Waals surface area (Å²) in [7, 11) is 1.51. The van der Waals surface area contributed by atoms with Crippen molar-refractivity contribution in [2.24, 2.45) is 5.92 Å². The minimum absolute atomic E-state index is 0.0570. The normalized spacial score (nSPS) is 15.7. The van der Waals surface area contributed by atoms with E-state index in [2.05, 4.69) is 18.8 Å². The van der Waals surface area contributed by atoms with E-state index in [1.165, 1.54) is 41.5 Å². The summed E-state index contributed by atoms with van der Waals surface area (Å²) in [5, 5.41) is 13.0. The highest BCUT2D eigenvalue weighted by molar-refractivity contribution is 7.22. The van der Waals surface area contributed by atoms with Gasteiger partial charge in [0.15, 0.2) is 22.4 Å². The Kier molecular flexibility index (Phi) is 7.18. The summed E-state index contributed by atoms with van der Waals surface area (Å²) >= 11 is 2.32. The third-order valence-corrected chi connectivity index (χ3v) is 8.09. The van der Waals surface area contributed by atoms with Gasteiger partial charge in [-0.15, -0.1) is 11.3 Å². The van der Waals surface area contributed by atoms with Crippen LogP contribution in [-0.4, -0.2) is 35.5 Å². The molecule has 1 unspecified atom stereocenters. The number of thiophene rings is 1. The van der Waals surface area contributed by atoms with Gasteiger partial charge >= 0.3 is 0 Å². The number of ketones is 1. The molecule has 2 aromatic heterocycles. The van der Waals surface area contributed by atoms with Gasteiger partial charge in [-0.3, -0.25) is 14.5 Å². The molecule has 3 heterocycles. The van der Waals surface area contributed by atoms with Crippen molar-refractivity contribution in [1.29, 1.82) is 0 Å². The fraction of sp³-hybridized carbons (Fsp3) is 0.250. The highest BCUT2D eigenvalue weighted by Gasteiger charge is 2.46. The first kappa shape index (κ1) is 25.9. The Hall–Kier alpha value is -3.76. The van der Waals surface area contributed by atoms with Crippen molar-refractivity contribution >= 4 is 49.7 Å². The van der Waals surface area contributed by atoms with Gasteiger partial charge in [-0.25, -0.2) is 9.37 Å². The molecule has 0 saturated carbocycles. The standard InChI is InChI=1S/C28H25FN2O5S2/c1-15(2)10-11-36-19-9-6-16(13-20(19)35-3)24-23(25(32)21-5-4-12-37-21)26(33)27(34)31(24)28-30-18-8-7-17(29)14-22(18)38-28/h4-9,12-15,24,33H,10-11H2,1-3H3. The van der Waals surface area contributed by atoms with Crippen LogP contribution < -0.4 is 14.4 Å². The van der Waals surface area contributed by atoms with Crippen LogP contribution in [-0.2, 0) is 4.79 Å². The van der Waals surface area contributed by atoms with E-state index < -0.39 is 29.3 Å². The lowest BCUT2D eigenvalue weighted by atomic mass is 9.95. The molecule has 0 radical (unpaired) electrons. The maximum atomic E-state index is 13.9. The van der Waals surface area contributed by atoms with Crippen molar-refractivity contribution in [3.63, 3.8) is 0 Å². The number of amides is 1. The number of methoxy groups -OCH3 is 1. The number of aromatic nitrogens is 1. The Bertz CT molecular complexity index is 1540. The first-order chi connectivity index (χ1) is 18.3. The lowest BCUT2D eigenvalue weighted by Crippen LogP contribution is -2.31. The second-order valence-electron chi connectivity index (χ2n) is 9.20. The fourth-order valence-corrected chi connectivity index (χ4v) is 5.95. The third-order valence-electron chi connectivity index (χ3n) is 6.20. The summed E-state index contributed by atoms with van der Waals surface area (Å²) < 4.78 is 25.9. The van der Waals surface area contributed by atoms with Gasteiger partial charge < -0.3 is 14.6 Å². The van der Waals surface area contributed by atoms with E-state index in [9.17, 15) is 19.1 Å². The zero-order chi connectivity index (χ0) is 27.0. The number of hydrogen-bond donors (Lipinski definition) is 1. The highest BCUT2D eigenvalue weighted by atomic mass is 32.1. The number of ether oxygens (including phenoxy) is 2. The van der Waals surface area contributed by atoms with Crippen LogP contribution in [0.4, 0.5) is 9.52 Å². The predicted molar refractivity (Wildman–Crippen MR) is 146 cm³/mol. The molecule has 0 bridgehead atoms. The van der Waals surface area contributed by atoms with Crippen LogP contribution in [0.15, 0.2) is 65.2 Å². The van der Waals surface area contributed by atoms with Crippen molar-refractivity contribution in [2.75, 3.05) is 18.6 Å². The number of aliphatic hydroxyl groups excluding tert-OH is 1. The fourth-order valence-electron chi connectivity index (χ4n) is 4.26. The number of anilines is 1. The Balaban J connectivity index is 1.61. The largest absolute Gasteiger partial charge is 0.503 e. The molecule has 38 heavy (non-hydrogen) atoms. The quantitative estimate of drug-likeness (QED) is 0.232. The van der Waals surface area contributed by atoms with E-state index in [1.807, 2.05) is 0 Å². The van der Waals surface area contributed by atoms with E-state index in [0.717, 1.165) is 17.8 Å². The van der Waals surface area contributed by atoms with E-state index in [4.69, 9.17) is 9.47 Å². The molecular weight excluding hydrogens is 527 g/mol. The molecule has 0 fully saturated rings. The molecule has 4 aromatic rings. The smallest absolute Gasteiger partial charge is 0.296 e. The molecule has 0 spiro atoms. The molecule has 10 heteroatoms. The molecule has 7 nitrogen and oxygen atoms in total. The van der Waals surface area contributed by atoms with Crippen LogP contribution in [0.3, 0.4) is 0 Å². The molecule has 1 N–H and O–H groups in total. The molecule has 1 aliphatic rings. The molecule has 1 atom stereocenters. The van der Waals surface area contributed by atoms with Gasteiger partial charge in [0.1, 0.15) is 5.82 Å². The Morgan fingerprint density at radius 1 is 1.18 bits per heavy atom. The summed E-state index contributed by atoms with van der Waals surface area (Å²) in [6.45, 7) is 4.72. The summed E-state index contributed by atoms with van der Waals surface area (Å²) in [5.74, 6) is -0.853. The molecule has 1 aliphatic heterocycles. The van der Waals surface area contributed by atoms with Gasteiger partial charge in [-0.2, -0.15) is 0 Å². The second kappa shape index (κ2) is 10.5. The van der Waals surface area contributed by atoms with Crippen molar-refractivity contribution in [2.45, 2.75) is 26.3 Å². The number of carbonyl (C=O) groups excluding carboxylic acids is 2. The van der Waals surface area contributed by atoms with Crippen LogP contribution in [0.5, 0.6) is 11.5 Å². The number of carbonyl (C=O) groups is 2. The maximum absolute atomic E-state index is 13.9. The number of hydrogen-bond acceptors (Lipinski definition) is 8. The molecule has 1 amide bonds. The molecule has 196 valence electrons. The number of fused-ring (bicyclic) bond motifs is 1. The highest BCUT2D eigenvalue weighted by Crippen LogP contribution is 2.46. The zero-order valence-corrected chi connectivity index (χ0v) is 22.6.